The van der Waals surface area contributed by atoms with Gasteiger partial charge in [0, 0.05) is 43.1 Å². The van der Waals surface area contributed by atoms with Crippen LogP contribution in [0.5, 0.6) is 0 Å². The summed E-state index contributed by atoms with van der Waals surface area (Å²) in [6.07, 6.45) is 2.27. The smallest absolute Gasteiger partial charge is 0.243 e. The summed E-state index contributed by atoms with van der Waals surface area (Å²) < 4.78 is 13.0. The Balaban J connectivity index is 1.43. The van der Waals surface area contributed by atoms with Gasteiger partial charge < -0.3 is 19.9 Å². The maximum Gasteiger partial charge on any atom is 0.243 e. The Hall–Kier alpha value is -3.60. The summed E-state index contributed by atoms with van der Waals surface area (Å²) in [7, 11) is 2.11. The van der Waals surface area contributed by atoms with Gasteiger partial charge in [-0.3, -0.25) is 19.7 Å². The molecule has 9 nitrogen and oxygen atoms in total. The summed E-state index contributed by atoms with van der Waals surface area (Å²) >= 11 is 0. The van der Waals surface area contributed by atoms with Crippen molar-refractivity contribution < 1.29 is 29.4 Å². The van der Waals surface area contributed by atoms with Crippen molar-refractivity contribution in [3.8, 4) is 0 Å². The molecule has 0 aromatic heterocycles. The first-order valence-corrected chi connectivity index (χ1v) is 14.9. The zero-order chi connectivity index (χ0) is 30.6. The Morgan fingerprint density at radius 1 is 0.907 bits per heavy atom. The van der Waals surface area contributed by atoms with Crippen molar-refractivity contribution in [2.45, 2.75) is 76.6 Å². The van der Waals surface area contributed by atoms with E-state index in [0.717, 1.165) is 16.7 Å². The molecule has 3 aromatic carbocycles. The molecule has 0 bridgehead atoms. The van der Waals surface area contributed by atoms with Crippen LogP contribution in [-0.4, -0.2) is 46.7 Å². The fraction of sp³-hybridized carbons (Fsp3) is 0.412. The Morgan fingerprint density at radius 3 is 2.33 bits per heavy atom. The number of nitrogens with one attached hydrogen (secondary N) is 2. The SMILES string of the molecule is C[C@@H](c1ccccc1)N(C)C[C@H]1C[C@@H](c2ccc(CO)cc2)O[C@@H](c2cccc(NC(=O)CCCCCC(=O)NO)c2)O1. The van der Waals surface area contributed by atoms with E-state index in [9.17, 15) is 14.7 Å². The lowest BCUT2D eigenvalue weighted by Crippen LogP contribution is -2.38. The highest BCUT2D eigenvalue weighted by Gasteiger charge is 2.33. The first-order valence-electron chi connectivity index (χ1n) is 14.9. The van der Waals surface area contributed by atoms with Gasteiger partial charge in [0.15, 0.2) is 6.29 Å². The van der Waals surface area contributed by atoms with Gasteiger partial charge in [0.2, 0.25) is 11.8 Å². The third-order valence-electron chi connectivity index (χ3n) is 7.92. The molecule has 0 spiro atoms. The molecule has 1 heterocycles. The van der Waals surface area contributed by atoms with E-state index in [1.807, 2.05) is 54.6 Å². The number of carbonyl (C=O) groups excluding carboxylic acids is 2. The number of nitrogens with zero attached hydrogens (tertiary/aromatic N) is 1. The van der Waals surface area contributed by atoms with Crippen LogP contribution in [-0.2, 0) is 25.7 Å². The predicted octanol–water partition coefficient (Wildman–Crippen LogP) is 5.81. The van der Waals surface area contributed by atoms with Crippen LogP contribution in [0.3, 0.4) is 0 Å². The largest absolute Gasteiger partial charge is 0.392 e. The summed E-state index contributed by atoms with van der Waals surface area (Å²) in [5, 5.41) is 21.0. The monoisotopic (exact) mass is 589 g/mol. The maximum absolute atomic E-state index is 12.6. The Bertz CT molecular complexity index is 1300. The van der Waals surface area contributed by atoms with E-state index < -0.39 is 12.2 Å². The van der Waals surface area contributed by atoms with Crippen LogP contribution in [0.15, 0.2) is 78.9 Å². The maximum atomic E-state index is 12.6. The average molecular weight is 590 g/mol. The Labute approximate surface area is 253 Å². The quantitative estimate of drug-likeness (QED) is 0.106. The van der Waals surface area contributed by atoms with Crippen LogP contribution in [0.4, 0.5) is 5.69 Å². The summed E-state index contributed by atoms with van der Waals surface area (Å²) in [5.74, 6) is -0.525. The minimum absolute atomic E-state index is 0.0122. The van der Waals surface area contributed by atoms with Gasteiger partial charge in [-0.2, -0.15) is 0 Å². The number of likely N-dealkylation sites (N-methyl/N-ethyl adjacent to an activating group) is 1. The number of unbranched alkanes of at least 4 members (excludes halogenated alkanes) is 2. The van der Waals surface area contributed by atoms with E-state index in [-0.39, 0.29) is 37.2 Å². The average Bonchev–Trinajstić information content (AvgIpc) is 3.04. The second-order valence-corrected chi connectivity index (χ2v) is 11.1. The molecule has 0 radical (unpaired) electrons. The topological polar surface area (TPSA) is 120 Å². The number of anilines is 1. The number of benzene rings is 3. The van der Waals surface area contributed by atoms with Crippen LogP contribution in [0, 0.1) is 0 Å². The predicted molar refractivity (Wildman–Crippen MR) is 164 cm³/mol. The van der Waals surface area contributed by atoms with Crippen LogP contribution in [0.25, 0.3) is 0 Å². The molecule has 2 amide bonds. The number of amides is 2. The highest BCUT2D eigenvalue weighted by molar-refractivity contribution is 5.90. The van der Waals surface area contributed by atoms with Gasteiger partial charge >= 0.3 is 0 Å². The van der Waals surface area contributed by atoms with E-state index in [2.05, 4.69) is 48.5 Å². The summed E-state index contributed by atoms with van der Waals surface area (Å²) in [4.78, 5) is 26.0. The van der Waals surface area contributed by atoms with E-state index in [1.165, 1.54) is 5.56 Å². The van der Waals surface area contributed by atoms with Crippen molar-refractivity contribution in [1.82, 2.24) is 10.4 Å². The van der Waals surface area contributed by atoms with E-state index in [0.29, 0.717) is 44.3 Å². The fourth-order valence-corrected chi connectivity index (χ4v) is 5.29. The molecule has 9 heteroatoms. The van der Waals surface area contributed by atoms with Crippen LogP contribution < -0.4 is 10.8 Å². The lowest BCUT2D eigenvalue weighted by molar-refractivity contribution is -0.253. The standard InChI is InChI=1S/C34H43N3O6/c1-24(26-10-5-3-6-11-26)37(2)22-30-21-31(27-18-16-25(23-38)17-19-27)43-34(42-30)28-12-9-13-29(20-28)35-32(39)14-7-4-8-15-33(40)36-41/h3,5-6,9-13,16-20,24,30-31,34,38,41H,4,7-8,14-15,21-23H2,1-2H3,(H,35,39)(H,36,40)/t24-,30+,31-,34-/m0/s1. The van der Waals surface area contributed by atoms with Crippen molar-refractivity contribution in [3.63, 3.8) is 0 Å². The van der Waals surface area contributed by atoms with Crippen LogP contribution >= 0.6 is 0 Å². The normalized spacial score (nSPS) is 19.1. The minimum Gasteiger partial charge on any atom is -0.392 e. The Morgan fingerprint density at radius 2 is 1.63 bits per heavy atom. The molecular weight excluding hydrogens is 546 g/mol. The van der Waals surface area contributed by atoms with Gasteiger partial charge in [0.25, 0.3) is 0 Å². The number of carbonyl (C=O) groups is 2. The number of hydrogen-bond acceptors (Lipinski definition) is 7. The molecule has 1 aliphatic heterocycles. The fourth-order valence-electron chi connectivity index (χ4n) is 5.29. The molecular formula is C34H43N3O6. The molecule has 43 heavy (non-hydrogen) atoms. The molecule has 1 fully saturated rings. The van der Waals surface area contributed by atoms with Crippen molar-refractivity contribution in [2.75, 3.05) is 18.9 Å². The molecule has 1 saturated heterocycles. The summed E-state index contributed by atoms with van der Waals surface area (Å²) in [6, 6.07) is 26.0. The number of aliphatic hydroxyl groups excluding tert-OH is 1. The highest BCUT2D eigenvalue weighted by Crippen LogP contribution is 2.39. The lowest BCUT2D eigenvalue weighted by Gasteiger charge is -2.39. The van der Waals surface area contributed by atoms with Crippen LogP contribution in [0.1, 0.15) is 86.1 Å². The van der Waals surface area contributed by atoms with Crippen molar-refractivity contribution in [1.29, 1.82) is 0 Å². The third-order valence-corrected chi connectivity index (χ3v) is 7.92. The second-order valence-electron chi connectivity index (χ2n) is 11.1. The number of ether oxygens (including phenoxy) is 2. The van der Waals surface area contributed by atoms with E-state index in [1.54, 1.807) is 5.48 Å². The lowest BCUT2D eigenvalue weighted by atomic mass is 9.99. The molecule has 3 aromatic rings. The number of aliphatic hydroxyl groups is 1. The first-order chi connectivity index (χ1) is 20.9. The van der Waals surface area contributed by atoms with Gasteiger partial charge in [-0.05, 0) is 55.6 Å². The van der Waals surface area contributed by atoms with E-state index in [4.69, 9.17) is 14.7 Å². The first kappa shape index (κ1) is 32.3. The highest BCUT2D eigenvalue weighted by atomic mass is 16.7. The van der Waals surface area contributed by atoms with Crippen LogP contribution in [0.2, 0.25) is 0 Å². The summed E-state index contributed by atoms with van der Waals surface area (Å²) in [5.41, 5.74) is 6.20. The minimum atomic E-state index is -0.628. The molecule has 230 valence electrons. The number of rotatable bonds is 14. The number of hydroxylamine groups is 1. The molecule has 0 saturated carbocycles. The molecule has 0 aliphatic carbocycles. The van der Waals surface area contributed by atoms with Crippen molar-refractivity contribution in [2.24, 2.45) is 0 Å². The molecule has 4 atom stereocenters. The van der Waals surface area contributed by atoms with Gasteiger partial charge in [-0.15, -0.1) is 0 Å². The van der Waals surface area contributed by atoms with Crippen molar-refractivity contribution in [3.05, 3.63) is 101 Å². The van der Waals surface area contributed by atoms with Gasteiger partial charge in [-0.1, -0.05) is 73.2 Å². The number of hydrogen-bond donors (Lipinski definition) is 4. The molecule has 4 N–H and O–H groups in total. The zero-order valence-electron chi connectivity index (χ0n) is 24.9. The van der Waals surface area contributed by atoms with Gasteiger partial charge in [0.05, 0.1) is 18.8 Å². The molecule has 4 rings (SSSR count). The zero-order valence-corrected chi connectivity index (χ0v) is 24.9. The second kappa shape index (κ2) is 16.3. The van der Waals surface area contributed by atoms with E-state index >= 15 is 0 Å². The third kappa shape index (κ3) is 9.71. The molecule has 1 aliphatic rings. The Kier molecular flexibility index (Phi) is 12.3. The van der Waals surface area contributed by atoms with Gasteiger partial charge in [0.1, 0.15) is 0 Å². The summed E-state index contributed by atoms with van der Waals surface area (Å²) in [6.45, 7) is 2.88. The van der Waals surface area contributed by atoms with Crippen molar-refractivity contribution >= 4 is 17.5 Å². The molecule has 0 unspecified atom stereocenters. The van der Waals surface area contributed by atoms with Gasteiger partial charge in [-0.25, -0.2) is 5.48 Å².